The summed E-state index contributed by atoms with van der Waals surface area (Å²) in [6.45, 7) is 2.47. The fourth-order valence-corrected chi connectivity index (χ4v) is 3.09. The van der Waals surface area contributed by atoms with Gasteiger partial charge in [-0.3, -0.25) is 9.59 Å². The molecule has 1 aromatic carbocycles. The summed E-state index contributed by atoms with van der Waals surface area (Å²) in [4.78, 5) is 26.3. The van der Waals surface area contributed by atoms with Gasteiger partial charge in [0.2, 0.25) is 11.8 Å². The largest absolute Gasteiger partial charge is 0.339 e. The molecule has 2 amide bonds. The van der Waals surface area contributed by atoms with Gasteiger partial charge in [-0.05, 0) is 43.9 Å². The molecule has 1 aliphatic carbocycles. The van der Waals surface area contributed by atoms with Crippen LogP contribution in [0.15, 0.2) is 18.2 Å². The fraction of sp³-hybridized carbons (Fsp3) is 0.500. The van der Waals surface area contributed by atoms with Crippen molar-refractivity contribution in [2.75, 3.05) is 11.9 Å². The Labute approximate surface area is 129 Å². The summed E-state index contributed by atoms with van der Waals surface area (Å²) in [5.41, 5.74) is 1.69. The lowest BCUT2D eigenvalue weighted by Crippen LogP contribution is -2.41. The Kier molecular flexibility index (Phi) is 3.89. The molecular weight excluding hydrogens is 288 g/mol. The number of aryl methyl sites for hydroxylation is 1. The van der Waals surface area contributed by atoms with E-state index in [0.717, 1.165) is 24.1 Å². The predicted molar refractivity (Wildman–Crippen MR) is 82.3 cm³/mol. The minimum Gasteiger partial charge on any atom is -0.339 e. The number of likely N-dealkylation sites (tertiary alicyclic amines) is 1. The first-order valence-corrected chi connectivity index (χ1v) is 7.79. The fourth-order valence-electron chi connectivity index (χ4n) is 2.92. The molecule has 1 saturated heterocycles. The van der Waals surface area contributed by atoms with Gasteiger partial charge in [0, 0.05) is 29.7 Å². The van der Waals surface area contributed by atoms with E-state index < -0.39 is 0 Å². The second-order valence-corrected chi connectivity index (χ2v) is 6.42. The van der Waals surface area contributed by atoms with E-state index in [2.05, 4.69) is 5.32 Å². The van der Waals surface area contributed by atoms with E-state index in [0.29, 0.717) is 24.0 Å². The predicted octanol–water partition coefficient (Wildman–Crippen LogP) is 2.99. The van der Waals surface area contributed by atoms with Crippen molar-refractivity contribution in [3.63, 3.8) is 0 Å². The second-order valence-electron chi connectivity index (χ2n) is 5.98. The zero-order chi connectivity index (χ0) is 15.0. The lowest BCUT2D eigenvalue weighted by molar-refractivity contribution is -0.131. The van der Waals surface area contributed by atoms with Crippen molar-refractivity contribution in [1.82, 2.24) is 4.90 Å². The van der Waals surface area contributed by atoms with Crippen LogP contribution in [0.5, 0.6) is 0 Å². The minimum absolute atomic E-state index is 0.0875. The van der Waals surface area contributed by atoms with Crippen molar-refractivity contribution >= 4 is 29.1 Å². The van der Waals surface area contributed by atoms with Crippen molar-refractivity contribution in [2.45, 2.75) is 38.6 Å². The molecular formula is C16H19ClN2O2. The molecule has 1 N–H and O–H groups in total. The number of nitrogens with one attached hydrogen (secondary N) is 1. The Hall–Kier alpha value is -1.55. The second kappa shape index (κ2) is 5.68. The molecule has 1 saturated carbocycles. The van der Waals surface area contributed by atoms with Crippen LogP contribution < -0.4 is 5.32 Å². The number of carbonyl (C=O) groups excluding carboxylic acids is 2. The average Bonchev–Trinajstić information content (AvgIpc) is 2.74. The zero-order valence-electron chi connectivity index (χ0n) is 12.1. The zero-order valence-corrected chi connectivity index (χ0v) is 12.8. The highest BCUT2D eigenvalue weighted by Crippen LogP contribution is 2.31. The van der Waals surface area contributed by atoms with Crippen LogP contribution in [0.25, 0.3) is 0 Å². The monoisotopic (exact) mass is 306 g/mol. The van der Waals surface area contributed by atoms with Crippen molar-refractivity contribution < 1.29 is 9.59 Å². The third-order valence-corrected chi connectivity index (χ3v) is 4.74. The van der Waals surface area contributed by atoms with Gasteiger partial charge in [-0.2, -0.15) is 0 Å². The maximum absolute atomic E-state index is 12.4. The van der Waals surface area contributed by atoms with E-state index in [1.54, 1.807) is 12.1 Å². The smallest absolute Gasteiger partial charge is 0.229 e. The summed E-state index contributed by atoms with van der Waals surface area (Å²) in [5, 5.41) is 3.50. The van der Waals surface area contributed by atoms with Crippen LogP contribution in [0.1, 0.15) is 31.2 Å². The van der Waals surface area contributed by atoms with Gasteiger partial charge in [0.05, 0.1) is 5.92 Å². The van der Waals surface area contributed by atoms with Gasteiger partial charge in [0.15, 0.2) is 0 Å². The maximum Gasteiger partial charge on any atom is 0.229 e. The van der Waals surface area contributed by atoms with Gasteiger partial charge in [-0.1, -0.05) is 17.7 Å². The summed E-state index contributed by atoms with van der Waals surface area (Å²) in [7, 11) is 0. The number of benzene rings is 1. The van der Waals surface area contributed by atoms with Crippen molar-refractivity contribution in [3.8, 4) is 0 Å². The van der Waals surface area contributed by atoms with Crippen LogP contribution in [0, 0.1) is 12.8 Å². The lowest BCUT2D eigenvalue weighted by atomic mass is 9.92. The molecule has 1 unspecified atom stereocenters. The van der Waals surface area contributed by atoms with E-state index in [1.165, 1.54) is 6.42 Å². The molecule has 0 aromatic heterocycles. The van der Waals surface area contributed by atoms with Crippen LogP contribution >= 0.6 is 11.6 Å². The third kappa shape index (κ3) is 2.91. The summed E-state index contributed by atoms with van der Waals surface area (Å²) in [6.07, 6.45) is 3.66. The minimum atomic E-state index is -0.253. The summed E-state index contributed by atoms with van der Waals surface area (Å²) in [5.74, 6) is -0.227. The molecule has 0 spiro atoms. The topological polar surface area (TPSA) is 49.4 Å². The quantitative estimate of drug-likeness (QED) is 0.933. The number of hydrogen-bond acceptors (Lipinski definition) is 2. The maximum atomic E-state index is 12.4. The molecule has 3 rings (SSSR count). The molecule has 1 heterocycles. The number of halogens is 1. The van der Waals surface area contributed by atoms with E-state index in [-0.39, 0.29) is 17.7 Å². The summed E-state index contributed by atoms with van der Waals surface area (Å²) < 4.78 is 0. The molecule has 4 nitrogen and oxygen atoms in total. The molecule has 1 aliphatic heterocycles. The van der Waals surface area contributed by atoms with Gasteiger partial charge in [-0.15, -0.1) is 0 Å². The number of hydrogen-bond donors (Lipinski definition) is 1. The SMILES string of the molecule is Cc1ccc(Cl)cc1NC(=O)C1CC(=O)N(C2CCC2)C1. The summed E-state index contributed by atoms with van der Waals surface area (Å²) in [6, 6.07) is 5.78. The van der Waals surface area contributed by atoms with Crippen LogP contribution in [-0.4, -0.2) is 29.3 Å². The number of anilines is 1. The van der Waals surface area contributed by atoms with Gasteiger partial charge in [-0.25, -0.2) is 0 Å². The van der Waals surface area contributed by atoms with Gasteiger partial charge >= 0.3 is 0 Å². The highest BCUT2D eigenvalue weighted by atomic mass is 35.5. The van der Waals surface area contributed by atoms with Gasteiger partial charge in [0.1, 0.15) is 0 Å². The number of rotatable bonds is 3. The molecule has 2 aliphatic rings. The molecule has 1 aromatic rings. The number of amides is 2. The number of carbonyl (C=O) groups is 2. The van der Waals surface area contributed by atoms with Crippen molar-refractivity contribution in [1.29, 1.82) is 0 Å². The molecule has 112 valence electrons. The van der Waals surface area contributed by atoms with Crippen LogP contribution in [0.4, 0.5) is 5.69 Å². The highest BCUT2D eigenvalue weighted by Gasteiger charge is 2.39. The number of nitrogens with zero attached hydrogens (tertiary/aromatic N) is 1. The van der Waals surface area contributed by atoms with Crippen LogP contribution in [-0.2, 0) is 9.59 Å². The van der Waals surface area contributed by atoms with Crippen LogP contribution in [0.3, 0.4) is 0 Å². The van der Waals surface area contributed by atoms with Crippen LogP contribution in [0.2, 0.25) is 5.02 Å². The first-order chi connectivity index (χ1) is 10.0. The molecule has 1 atom stereocenters. The Morgan fingerprint density at radius 3 is 2.81 bits per heavy atom. The first-order valence-electron chi connectivity index (χ1n) is 7.41. The Bertz CT molecular complexity index is 584. The molecule has 2 fully saturated rings. The molecule has 5 heteroatoms. The lowest BCUT2D eigenvalue weighted by Gasteiger charge is -2.34. The molecule has 0 bridgehead atoms. The third-order valence-electron chi connectivity index (χ3n) is 4.50. The molecule has 21 heavy (non-hydrogen) atoms. The first kappa shape index (κ1) is 14.4. The summed E-state index contributed by atoms with van der Waals surface area (Å²) >= 11 is 5.96. The van der Waals surface area contributed by atoms with E-state index in [1.807, 2.05) is 17.9 Å². The van der Waals surface area contributed by atoms with Crippen molar-refractivity contribution in [2.24, 2.45) is 5.92 Å². The van der Waals surface area contributed by atoms with Crippen molar-refractivity contribution in [3.05, 3.63) is 28.8 Å². The van der Waals surface area contributed by atoms with Gasteiger partial charge < -0.3 is 10.2 Å². The van der Waals surface area contributed by atoms with Gasteiger partial charge in [0.25, 0.3) is 0 Å². The standard InChI is InChI=1S/C16H19ClN2O2/c1-10-5-6-12(17)8-14(10)18-16(21)11-7-15(20)19(9-11)13-3-2-4-13/h5-6,8,11,13H,2-4,7,9H2,1H3,(H,18,21). The highest BCUT2D eigenvalue weighted by molar-refractivity contribution is 6.31. The Morgan fingerprint density at radius 1 is 1.38 bits per heavy atom. The van der Waals surface area contributed by atoms with E-state index >= 15 is 0 Å². The average molecular weight is 307 g/mol. The Balaban J connectivity index is 1.66. The molecule has 0 radical (unpaired) electrons. The normalized spacial score (nSPS) is 22.3. The van der Waals surface area contributed by atoms with E-state index in [4.69, 9.17) is 11.6 Å². The van der Waals surface area contributed by atoms with E-state index in [9.17, 15) is 9.59 Å². The Morgan fingerprint density at radius 2 is 2.14 bits per heavy atom.